The van der Waals surface area contributed by atoms with Gasteiger partial charge < -0.3 is 4.98 Å². The molecular formula is C17H13N5O3. The van der Waals surface area contributed by atoms with Gasteiger partial charge in [0.15, 0.2) is 0 Å². The predicted octanol–water partition coefficient (Wildman–Crippen LogP) is 1.58. The Labute approximate surface area is 141 Å². The Balaban J connectivity index is 1.56. The van der Waals surface area contributed by atoms with Crippen molar-refractivity contribution in [3.8, 4) is 0 Å². The van der Waals surface area contributed by atoms with Crippen molar-refractivity contribution in [2.75, 3.05) is 5.32 Å². The van der Waals surface area contributed by atoms with Crippen LogP contribution in [-0.4, -0.2) is 43.6 Å². The van der Waals surface area contributed by atoms with Crippen LogP contribution < -0.4 is 5.32 Å². The van der Waals surface area contributed by atoms with Crippen LogP contribution >= 0.6 is 0 Å². The number of para-hydroxylation sites is 2. The molecule has 1 aromatic carbocycles. The number of aromatic amines is 1. The van der Waals surface area contributed by atoms with Crippen LogP contribution in [0, 0.1) is 0 Å². The number of hydrogen-bond donors (Lipinski definition) is 2. The summed E-state index contributed by atoms with van der Waals surface area (Å²) in [5.41, 5.74) is 1.94. The number of aromatic nitrogens is 3. The summed E-state index contributed by atoms with van der Waals surface area (Å²) in [5, 5.41) is 2.61. The van der Waals surface area contributed by atoms with E-state index in [-0.39, 0.29) is 17.1 Å². The van der Waals surface area contributed by atoms with Gasteiger partial charge in [0.25, 0.3) is 11.8 Å². The van der Waals surface area contributed by atoms with Crippen LogP contribution in [0.4, 0.5) is 5.95 Å². The summed E-state index contributed by atoms with van der Waals surface area (Å²) in [5.74, 6) is -1.28. The average molecular weight is 335 g/mol. The van der Waals surface area contributed by atoms with Crippen molar-refractivity contribution in [2.24, 2.45) is 0 Å². The Bertz CT molecular complexity index is 958. The van der Waals surface area contributed by atoms with Crippen molar-refractivity contribution < 1.29 is 14.4 Å². The Morgan fingerprint density at radius 3 is 2.68 bits per heavy atom. The molecule has 4 rings (SSSR count). The number of anilines is 1. The number of amides is 3. The van der Waals surface area contributed by atoms with Crippen molar-refractivity contribution in [3.63, 3.8) is 0 Å². The summed E-state index contributed by atoms with van der Waals surface area (Å²) in [6.45, 7) is 1.49. The fraction of sp³-hybridized carbons (Fsp3) is 0.118. The molecule has 0 saturated heterocycles. The third kappa shape index (κ3) is 2.35. The number of nitrogens with one attached hydrogen (secondary N) is 2. The lowest BCUT2D eigenvalue weighted by molar-refractivity contribution is -0.119. The minimum atomic E-state index is -0.986. The SMILES string of the molecule is C[C@@H](C(=O)Nc1nc2ccccc2[nH]1)N1C(=O)c2ccncc2C1=O. The smallest absolute Gasteiger partial charge is 0.263 e. The summed E-state index contributed by atoms with van der Waals surface area (Å²) < 4.78 is 0. The molecule has 1 aliphatic heterocycles. The lowest BCUT2D eigenvalue weighted by Crippen LogP contribution is -2.45. The van der Waals surface area contributed by atoms with E-state index in [0.717, 1.165) is 10.4 Å². The highest BCUT2D eigenvalue weighted by atomic mass is 16.2. The molecule has 8 nitrogen and oxygen atoms in total. The Morgan fingerprint density at radius 2 is 1.92 bits per heavy atom. The highest BCUT2D eigenvalue weighted by Crippen LogP contribution is 2.24. The zero-order valence-electron chi connectivity index (χ0n) is 13.2. The maximum atomic E-state index is 12.5. The third-order valence-electron chi connectivity index (χ3n) is 4.12. The first-order chi connectivity index (χ1) is 12.1. The monoisotopic (exact) mass is 335 g/mol. The van der Waals surface area contributed by atoms with Crippen LogP contribution in [0.2, 0.25) is 0 Å². The van der Waals surface area contributed by atoms with Gasteiger partial charge in [-0.2, -0.15) is 0 Å². The van der Waals surface area contributed by atoms with E-state index < -0.39 is 23.8 Å². The van der Waals surface area contributed by atoms with E-state index in [9.17, 15) is 14.4 Å². The average Bonchev–Trinajstić information content (AvgIpc) is 3.13. The number of imidazole rings is 1. The zero-order valence-corrected chi connectivity index (χ0v) is 13.2. The number of hydrogen-bond acceptors (Lipinski definition) is 5. The van der Waals surface area contributed by atoms with Crippen LogP contribution in [-0.2, 0) is 4.79 Å². The number of rotatable bonds is 3. The third-order valence-corrected chi connectivity index (χ3v) is 4.12. The van der Waals surface area contributed by atoms with E-state index in [1.165, 1.54) is 25.4 Å². The number of carbonyl (C=O) groups excluding carboxylic acids is 3. The molecule has 8 heteroatoms. The quantitative estimate of drug-likeness (QED) is 0.707. The highest BCUT2D eigenvalue weighted by molar-refractivity contribution is 6.23. The fourth-order valence-corrected chi connectivity index (χ4v) is 2.81. The minimum absolute atomic E-state index is 0.205. The first kappa shape index (κ1) is 15.0. The van der Waals surface area contributed by atoms with Gasteiger partial charge in [-0.3, -0.25) is 29.6 Å². The minimum Gasteiger partial charge on any atom is -0.324 e. The summed E-state index contributed by atoms with van der Waals surface area (Å²) >= 11 is 0. The Morgan fingerprint density at radius 1 is 1.16 bits per heavy atom. The molecule has 0 radical (unpaired) electrons. The molecule has 1 aliphatic rings. The van der Waals surface area contributed by atoms with E-state index in [0.29, 0.717) is 5.52 Å². The molecule has 0 fully saturated rings. The van der Waals surface area contributed by atoms with E-state index in [4.69, 9.17) is 0 Å². The molecule has 0 bridgehead atoms. The second kappa shape index (κ2) is 5.52. The molecule has 0 saturated carbocycles. The number of imide groups is 1. The number of pyridine rings is 1. The van der Waals surface area contributed by atoms with Crippen LogP contribution in [0.25, 0.3) is 11.0 Å². The van der Waals surface area contributed by atoms with Crippen molar-refractivity contribution in [3.05, 3.63) is 53.9 Å². The van der Waals surface area contributed by atoms with Crippen LogP contribution in [0.1, 0.15) is 27.6 Å². The Hall–Kier alpha value is -3.55. The number of H-pyrrole nitrogens is 1. The molecule has 0 aliphatic carbocycles. The normalized spacial score (nSPS) is 14.7. The topological polar surface area (TPSA) is 108 Å². The summed E-state index contributed by atoms with van der Waals surface area (Å²) in [7, 11) is 0. The van der Waals surface area contributed by atoms with Crippen LogP contribution in [0.15, 0.2) is 42.7 Å². The molecule has 2 N–H and O–H groups in total. The van der Waals surface area contributed by atoms with Crippen molar-refractivity contribution >= 4 is 34.7 Å². The molecular weight excluding hydrogens is 322 g/mol. The van der Waals surface area contributed by atoms with Gasteiger partial charge in [0, 0.05) is 12.4 Å². The molecule has 3 aromatic rings. The van der Waals surface area contributed by atoms with Gasteiger partial charge in [0.1, 0.15) is 6.04 Å². The van der Waals surface area contributed by atoms with E-state index >= 15 is 0 Å². The molecule has 124 valence electrons. The van der Waals surface area contributed by atoms with Crippen LogP contribution in [0.5, 0.6) is 0 Å². The molecule has 0 spiro atoms. The molecule has 2 aromatic heterocycles. The maximum Gasteiger partial charge on any atom is 0.263 e. The first-order valence-electron chi connectivity index (χ1n) is 7.64. The van der Waals surface area contributed by atoms with Crippen LogP contribution in [0.3, 0.4) is 0 Å². The molecule has 3 heterocycles. The van der Waals surface area contributed by atoms with E-state index in [1.807, 2.05) is 24.3 Å². The second-order valence-corrected chi connectivity index (χ2v) is 5.67. The summed E-state index contributed by atoms with van der Waals surface area (Å²) in [4.78, 5) is 49.3. The van der Waals surface area contributed by atoms with Crippen molar-refractivity contribution in [1.82, 2.24) is 19.9 Å². The number of carbonyl (C=O) groups is 3. The lowest BCUT2D eigenvalue weighted by atomic mass is 10.2. The summed E-state index contributed by atoms with van der Waals surface area (Å²) in [6, 6.07) is 7.81. The number of nitrogens with zero attached hydrogens (tertiary/aromatic N) is 3. The standard InChI is InChI=1S/C17H13N5O3/c1-9(22-15(24)10-6-7-18-8-11(10)16(22)25)14(23)21-17-19-12-4-2-3-5-13(12)20-17/h2-9H,1H3,(H2,19,20,21,23)/t9-/m0/s1. The zero-order chi connectivity index (χ0) is 17.6. The maximum absolute atomic E-state index is 12.5. The van der Waals surface area contributed by atoms with E-state index in [2.05, 4.69) is 20.3 Å². The second-order valence-electron chi connectivity index (χ2n) is 5.67. The Kier molecular flexibility index (Phi) is 3.31. The van der Waals surface area contributed by atoms with Gasteiger partial charge in [-0.25, -0.2) is 4.98 Å². The first-order valence-corrected chi connectivity index (χ1v) is 7.64. The lowest BCUT2D eigenvalue weighted by Gasteiger charge is -2.20. The number of benzene rings is 1. The molecule has 1 atom stereocenters. The van der Waals surface area contributed by atoms with E-state index in [1.54, 1.807) is 0 Å². The fourth-order valence-electron chi connectivity index (χ4n) is 2.81. The van der Waals surface area contributed by atoms with Gasteiger partial charge in [-0.1, -0.05) is 12.1 Å². The highest BCUT2D eigenvalue weighted by Gasteiger charge is 2.41. The van der Waals surface area contributed by atoms with Gasteiger partial charge in [-0.05, 0) is 25.1 Å². The largest absolute Gasteiger partial charge is 0.324 e. The molecule has 0 unspecified atom stereocenters. The molecule has 25 heavy (non-hydrogen) atoms. The van der Waals surface area contributed by atoms with Gasteiger partial charge in [0.05, 0.1) is 22.2 Å². The van der Waals surface area contributed by atoms with Crippen molar-refractivity contribution in [1.29, 1.82) is 0 Å². The van der Waals surface area contributed by atoms with Gasteiger partial charge in [-0.15, -0.1) is 0 Å². The summed E-state index contributed by atoms with van der Waals surface area (Å²) in [6.07, 6.45) is 2.77. The van der Waals surface area contributed by atoms with Gasteiger partial charge in [0.2, 0.25) is 11.9 Å². The van der Waals surface area contributed by atoms with Gasteiger partial charge >= 0.3 is 0 Å². The number of fused-ring (bicyclic) bond motifs is 2. The van der Waals surface area contributed by atoms with Crippen molar-refractivity contribution in [2.45, 2.75) is 13.0 Å². The predicted molar refractivity (Wildman–Crippen MR) is 88.9 cm³/mol. The molecule has 3 amide bonds.